The van der Waals surface area contributed by atoms with Gasteiger partial charge in [-0.05, 0) is 12.1 Å². The molecule has 0 unspecified atom stereocenters. The van der Waals surface area contributed by atoms with E-state index >= 15 is 0 Å². The summed E-state index contributed by atoms with van der Waals surface area (Å²) in [6.07, 6.45) is 0. The molecule has 0 N–H and O–H groups in total. The van der Waals surface area contributed by atoms with Crippen LogP contribution in [0, 0.1) is 6.57 Å². The highest BCUT2D eigenvalue weighted by Gasteiger charge is 1.95. The summed E-state index contributed by atoms with van der Waals surface area (Å²) in [5.74, 6) is 1.05. The van der Waals surface area contributed by atoms with Crippen molar-refractivity contribution in [1.29, 1.82) is 0 Å². The number of nitrogens with zero attached hydrogens (tertiary/aromatic N) is 2. The van der Waals surface area contributed by atoms with E-state index < -0.39 is 0 Å². The Bertz CT molecular complexity index is 311. The van der Waals surface area contributed by atoms with Crippen molar-refractivity contribution in [3.63, 3.8) is 0 Å². The van der Waals surface area contributed by atoms with Gasteiger partial charge in [0.2, 0.25) is 0 Å². The van der Waals surface area contributed by atoms with Crippen LogP contribution in [0.4, 0.5) is 0 Å². The first kappa shape index (κ1) is 8.28. The van der Waals surface area contributed by atoms with Crippen LogP contribution in [0.3, 0.4) is 0 Å². The molecule has 0 radical (unpaired) electrons. The molecule has 1 aromatic carbocycles. The van der Waals surface area contributed by atoms with Gasteiger partial charge in [-0.25, -0.2) is 0 Å². The summed E-state index contributed by atoms with van der Waals surface area (Å²) in [7, 11) is 0. The van der Waals surface area contributed by atoms with Gasteiger partial charge in [0, 0.05) is 6.92 Å². The van der Waals surface area contributed by atoms with Gasteiger partial charge in [0.15, 0.2) is 0 Å². The third kappa shape index (κ3) is 2.43. The highest BCUT2D eigenvalue weighted by Crippen LogP contribution is 2.08. The largest absolute Gasteiger partial charge is 0.437 e. The zero-order valence-electron chi connectivity index (χ0n) is 6.69. The van der Waals surface area contributed by atoms with Gasteiger partial charge in [-0.3, -0.25) is 0 Å². The van der Waals surface area contributed by atoms with Gasteiger partial charge in [0.1, 0.15) is 10.9 Å². The molecule has 0 spiro atoms. The Hall–Kier alpha value is -1.82. The molecule has 0 bridgehead atoms. The normalized spacial score (nSPS) is 10.5. The maximum absolute atomic E-state index is 6.46. The van der Waals surface area contributed by atoms with E-state index in [1.54, 1.807) is 6.92 Å². The molecule has 60 valence electrons. The van der Waals surface area contributed by atoms with Gasteiger partial charge in [-0.1, -0.05) is 18.2 Å². The lowest BCUT2D eigenvalue weighted by atomic mass is 10.3. The van der Waals surface area contributed by atoms with Crippen molar-refractivity contribution in [2.75, 3.05) is 0 Å². The second-order valence-electron chi connectivity index (χ2n) is 2.13. The summed E-state index contributed by atoms with van der Waals surface area (Å²) >= 11 is 0. The fourth-order valence-corrected chi connectivity index (χ4v) is 0.750. The van der Waals surface area contributed by atoms with Crippen LogP contribution in [0.2, 0.25) is 0 Å². The molecule has 0 saturated heterocycles. The van der Waals surface area contributed by atoms with E-state index in [1.165, 1.54) is 0 Å². The molecule has 3 nitrogen and oxygen atoms in total. The Morgan fingerprint density at radius 1 is 1.42 bits per heavy atom. The van der Waals surface area contributed by atoms with E-state index in [-0.39, 0.29) is 0 Å². The Morgan fingerprint density at radius 2 is 2.08 bits per heavy atom. The highest BCUT2D eigenvalue weighted by molar-refractivity contribution is 5.76. The summed E-state index contributed by atoms with van der Waals surface area (Å²) in [5.41, 5.74) is 0. The summed E-state index contributed by atoms with van der Waals surface area (Å²) in [6, 6.07) is 9.24. The predicted molar refractivity (Wildman–Crippen MR) is 46.8 cm³/mol. The van der Waals surface area contributed by atoms with Crippen LogP contribution >= 0.6 is 0 Å². The highest BCUT2D eigenvalue weighted by atomic mass is 16.5. The molecule has 12 heavy (non-hydrogen) atoms. The van der Waals surface area contributed by atoms with Crippen molar-refractivity contribution in [2.24, 2.45) is 5.10 Å². The molecule has 1 aromatic rings. The van der Waals surface area contributed by atoms with Gasteiger partial charge in [0.05, 0.1) is 0 Å². The molecule has 0 aromatic heterocycles. The van der Waals surface area contributed by atoms with Crippen molar-refractivity contribution in [2.45, 2.75) is 6.92 Å². The van der Waals surface area contributed by atoms with E-state index in [9.17, 15) is 0 Å². The maximum Gasteiger partial charge on any atom is 0.271 e. The Labute approximate surface area is 71.1 Å². The summed E-state index contributed by atoms with van der Waals surface area (Å²) in [5, 5.41) is 3.41. The third-order valence-corrected chi connectivity index (χ3v) is 1.20. The minimum absolute atomic E-state index is 0.358. The molecule has 0 atom stereocenters. The number of ether oxygens (including phenoxy) is 1. The van der Waals surface area contributed by atoms with E-state index in [0.29, 0.717) is 11.6 Å². The fraction of sp³-hybridized carbons (Fsp3) is 0.111. The molecule has 3 heteroatoms. The number of benzene rings is 1. The first-order valence-electron chi connectivity index (χ1n) is 3.47. The monoisotopic (exact) mass is 160 g/mol. The van der Waals surface area contributed by atoms with Gasteiger partial charge in [-0.15, -0.1) is 4.95 Å². The zero-order chi connectivity index (χ0) is 8.81. The predicted octanol–water partition coefficient (Wildman–Crippen LogP) is 2.32. The van der Waals surface area contributed by atoms with E-state index in [1.807, 2.05) is 30.3 Å². The van der Waals surface area contributed by atoms with Crippen LogP contribution in [0.25, 0.3) is 4.95 Å². The quantitative estimate of drug-likeness (QED) is 0.268. The molecular weight excluding hydrogens is 152 g/mol. The van der Waals surface area contributed by atoms with Crippen LogP contribution in [0.1, 0.15) is 6.92 Å². The molecule has 0 saturated carbocycles. The van der Waals surface area contributed by atoms with E-state index in [4.69, 9.17) is 11.3 Å². The van der Waals surface area contributed by atoms with Crippen LogP contribution in [0.5, 0.6) is 5.75 Å². The van der Waals surface area contributed by atoms with Crippen LogP contribution < -0.4 is 4.74 Å². The minimum atomic E-state index is 0.358. The van der Waals surface area contributed by atoms with E-state index in [0.717, 1.165) is 0 Å². The fourth-order valence-electron chi connectivity index (χ4n) is 0.750. The van der Waals surface area contributed by atoms with Gasteiger partial charge < -0.3 is 4.74 Å². The smallest absolute Gasteiger partial charge is 0.271 e. The SMILES string of the molecule is [C-]#[N+]/N=C(\C)Oc1ccccc1. The minimum Gasteiger partial charge on any atom is -0.437 e. The van der Waals surface area contributed by atoms with Crippen LogP contribution in [-0.4, -0.2) is 5.90 Å². The molecule has 0 aliphatic rings. The summed E-state index contributed by atoms with van der Waals surface area (Å²) < 4.78 is 5.19. The van der Waals surface area contributed by atoms with Crippen LogP contribution in [-0.2, 0) is 0 Å². The van der Waals surface area contributed by atoms with Gasteiger partial charge in [0.25, 0.3) is 5.90 Å². The molecular formula is C9H8N2O. The summed E-state index contributed by atoms with van der Waals surface area (Å²) in [6.45, 7) is 8.10. The standard InChI is InChI=1S/C9H8N2O/c1-8(11-10-2)12-9-6-4-3-5-7-9/h3-7H,1H3/b11-8+. The second-order valence-corrected chi connectivity index (χ2v) is 2.13. The Morgan fingerprint density at radius 3 is 2.67 bits per heavy atom. The first-order valence-corrected chi connectivity index (χ1v) is 3.47. The Kier molecular flexibility index (Phi) is 2.86. The first-order chi connectivity index (χ1) is 5.83. The molecule has 1 rings (SSSR count). The second kappa shape index (κ2) is 4.14. The average Bonchev–Trinajstić information content (AvgIpc) is 2.06. The average molecular weight is 160 g/mol. The van der Waals surface area contributed by atoms with Crippen molar-refractivity contribution >= 4 is 5.90 Å². The van der Waals surface area contributed by atoms with Crippen molar-refractivity contribution in [3.8, 4) is 5.75 Å². The summed E-state index contributed by atoms with van der Waals surface area (Å²) in [4.78, 5) is 2.84. The molecule has 0 aliphatic carbocycles. The number of rotatable bonds is 1. The lowest BCUT2D eigenvalue weighted by Crippen LogP contribution is -2.01. The van der Waals surface area contributed by atoms with Gasteiger partial charge in [-0.2, -0.15) is 6.57 Å². The van der Waals surface area contributed by atoms with Crippen molar-refractivity contribution in [1.82, 2.24) is 0 Å². The lowest BCUT2D eigenvalue weighted by molar-refractivity contribution is 0.546. The lowest BCUT2D eigenvalue weighted by Gasteiger charge is -1.98. The number of hydrogen-bond acceptors (Lipinski definition) is 2. The molecule has 0 amide bonds. The van der Waals surface area contributed by atoms with Gasteiger partial charge >= 0.3 is 0 Å². The van der Waals surface area contributed by atoms with E-state index in [2.05, 4.69) is 10.1 Å². The molecule has 0 heterocycles. The molecule has 0 aliphatic heterocycles. The van der Waals surface area contributed by atoms with Crippen molar-refractivity contribution < 1.29 is 4.74 Å². The number of para-hydroxylation sites is 1. The zero-order valence-corrected chi connectivity index (χ0v) is 6.69. The third-order valence-electron chi connectivity index (χ3n) is 1.20. The van der Waals surface area contributed by atoms with Crippen LogP contribution in [0.15, 0.2) is 35.4 Å². The van der Waals surface area contributed by atoms with Crippen molar-refractivity contribution in [3.05, 3.63) is 41.9 Å². The maximum atomic E-state index is 6.46. The topological polar surface area (TPSA) is 25.9 Å². The number of hydrogen-bond donors (Lipinski definition) is 0. The molecule has 0 fully saturated rings. The Balaban J connectivity index is 2.66.